The zero-order chi connectivity index (χ0) is 28.3. The molecule has 1 saturated heterocycles. The summed E-state index contributed by atoms with van der Waals surface area (Å²) in [4.78, 5) is 30.4. The molecule has 1 fully saturated rings. The number of amides is 1. The van der Waals surface area contributed by atoms with Crippen LogP contribution in [0.3, 0.4) is 0 Å². The van der Waals surface area contributed by atoms with Gasteiger partial charge in [0.25, 0.3) is 11.7 Å². The highest BCUT2D eigenvalue weighted by molar-refractivity contribution is 6.51. The molecule has 0 aromatic heterocycles. The number of hydrogen-bond donors (Lipinski definition) is 1. The smallest absolute Gasteiger partial charge is 0.300 e. The molecule has 3 aromatic carbocycles. The van der Waals surface area contributed by atoms with Gasteiger partial charge in [-0.2, -0.15) is 0 Å². The molecule has 1 heterocycles. The molecule has 1 aliphatic heterocycles. The molecule has 0 bridgehead atoms. The molecule has 1 aliphatic rings. The Hall–Kier alpha value is -4.26. The van der Waals surface area contributed by atoms with Crippen LogP contribution in [-0.4, -0.2) is 43.6 Å². The van der Waals surface area contributed by atoms with Crippen LogP contribution in [0, 0.1) is 5.92 Å². The number of nitrogens with zero attached hydrogens (tertiary/aromatic N) is 2. The van der Waals surface area contributed by atoms with E-state index in [9.17, 15) is 14.7 Å². The van der Waals surface area contributed by atoms with Crippen molar-refractivity contribution >= 4 is 28.8 Å². The van der Waals surface area contributed by atoms with Crippen molar-refractivity contribution in [2.75, 3.05) is 30.5 Å². The number of anilines is 2. The molecule has 204 valence electrons. The van der Waals surface area contributed by atoms with Crippen LogP contribution in [0.5, 0.6) is 11.5 Å². The monoisotopic (exact) mass is 528 g/mol. The van der Waals surface area contributed by atoms with Crippen LogP contribution >= 0.6 is 0 Å². The molecule has 1 N–H and O–H groups in total. The summed E-state index contributed by atoms with van der Waals surface area (Å²) in [6, 6.07) is 20.8. The fourth-order valence-electron chi connectivity index (χ4n) is 4.48. The standard InChI is InChI=1S/C32H36N2O5/c1-20(2)19-38-27-9-7-8-23(18-27)30(35)28-29(22-10-12-24(13-11-22)33(5)6)34(32(37)31(28)36)25-14-16-26(17-15-25)39-21(3)4/h7-18,20-21,29,35H,19H2,1-6H3/b30-28-. The van der Waals surface area contributed by atoms with Crippen LogP contribution in [0.1, 0.15) is 44.9 Å². The van der Waals surface area contributed by atoms with Crippen molar-refractivity contribution in [3.05, 3.63) is 89.5 Å². The maximum atomic E-state index is 13.5. The number of carbonyl (C=O) groups is 2. The summed E-state index contributed by atoms with van der Waals surface area (Å²) in [5, 5.41) is 11.5. The van der Waals surface area contributed by atoms with Gasteiger partial charge in [0.1, 0.15) is 17.3 Å². The Morgan fingerprint density at radius 2 is 1.59 bits per heavy atom. The average Bonchev–Trinajstić information content (AvgIpc) is 3.17. The first kappa shape index (κ1) is 27.8. The zero-order valence-corrected chi connectivity index (χ0v) is 23.3. The van der Waals surface area contributed by atoms with E-state index in [1.807, 2.05) is 71.0 Å². The van der Waals surface area contributed by atoms with Crippen molar-refractivity contribution in [1.82, 2.24) is 0 Å². The van der Waals surface area contributed by atoms with Gasteiger partial charge in [-0.3, -0.25) is 14.5 Å². The second-order valence-electron chi connectivity index (χ2n) is 10.5. The third kappa shape index (κ3) is 6.08. The van der Waals surface area contributed by atoms with Gasteiger partial charge in [-0.15, -0.1) is 0 Å². The average molecular weight is 529 g/mol. The second kappa shape index (κ2) is 11.6. The van der Waals surface area contributed by atoms with Gasteiger partial charge in [-0.1, -0.05) is 38.1 Å². The van der Waals surface area contributed by atoms with Crippen molar-refractivity contribution in [2.45, 2.75) is 39.8 Å². The van der Waals surface area contributed by atoms with E-state index in [1.165, 1.54) is 4.90 Å². The quantitative estimate of drug-likeness (QED) is 0.202. The normalized spacial score (nSPS) is 16.7. The SMILES string of the molecule is CC(C)COc1cccc(/C(O)=C2/C(=O)C(=O)N(c3ccc(OC(C)C)cc3)C2c2ccc(N(C)C)cc2)c1. The summed E-state index contributed by atoms with van der Waals surface area (Å²) in [5.41, 5.74) is 2.64. The number of Topliss-reactive ketones (excluding diaryl/α,β-unsaturated/α-hetero) is 1. The fraction of sp³-hybridized carbons (Fsp3) is 0.312. The summed E-state index contributed by atoms with van der Waals surface area (Å²) < 4.78 is 11.6. The first-order valence-corrected chi connectivity index (χ1v) is 13.1. The number of aliphatic hydroxyl groups excluding tert-OH is 1. The highest BCUT2D eigenvalue weighted by Crippen LogP contribution is 2.43. The third-order valence-electron chi connectivity index (χ3n) is 6.35. The summed E-state index contributed by atoms with van der Waals surface area (Å²) in [6.07, 6.45) is 0.000528. The molecule has 4 rings (SSSR count). The summed E-state index contributed by atoms with van der Waals surface area (Å²) in [6.45, 7) is 8.49. The Morgan fingerprint density at radius 1 is 0.923 bits per heavy atom. The van der Waals surface area contributed by atoms with Crippen LogP contribution in [0.4, 0.5) is 11.4 Å². The Balaban J connectivity index is 1.83. The van der Waals surface area contributed by atoms with Gasteiger partial charge in [0.2, 0.25) is 0 Å². The first-order chi connectivity index (χ1) is 18.6. The Morgan fingerprint density at radius 3 is 2.18 bits per heavy atom. The van der Waals surface area contributed by atoms with Gasteiger partial charge in [0, 0.05) is 31.0 Å². The number of ether oxygens (including phenoxy) is 2. The van der Waals surface area contributed by atoms with Gasteiger partial charge in [-0.25, -0.2) is 0 Å². The highest BCUT2D eigenvalue weighted by Gasteiger charge is 2.47. The second-order valence-corrected chi connectivity index (χ2v) is 10.5. The minimum Gasteiger partial charge on any atom is -0.507 e. The Labute approximate surface area is 230 Å². The number of benzene rings is 3. The number of carbonyl (C=O) groups excluding carboxylic acids is 2. The van der Waals surface area contributed by atoms with E-state index in [2.05, 4.69) is 0 Å². The Bertz CT molecular complexity index is 1360. The van der Waals surface area contributed by atoms with Crippen molar-refractivity contribution < 1.29 is 24.2 Å². The number of rotatable bonds is 9. The lowest BCUT2D eigenvalue weighted by Gasteiger charge is -2.26. The van der Waals surface area contributed by atoms with Crippen LogP contribution in [0.15, 0.2) is 78.4 Å². The minimum atomic E-state index is -0.821. The van der Waals surface area contributed by atoms with Gasteiger partial charge in [-0.05, 0) is 73.9 Å². The molecule has 1 unspecified atom stereocenters. The molecule has 0 saturated carbocycles. The third-order valence-corrected chi connectivity index (χ3v) is 6.35. The van der Waals surface area contributed by atoms with Gasteiger partial charge in [0.05, 0.1) is 24.3 Å². The minimum absolute atomic E-state index is 0.000528. The Kier molecular flexibility index (Phi) is 8.29. The van der Waals surface area contributed by atoms with E-state index >= 15 is 0 Å². The molecule has 1 amide bonds. The van der Waals surface area contributed by atoms with Crippen molar-refractivity contribution in [3.8, 4) is 11.5 Å². The van der Waals surface area contributed by atoms with Crippen molar-refractivity contribution in [1.29, 1.82) is 0 Å². The molecule has 1 atom stereocenters. The molecule has 0 radical (unpaired) electrons. The topological polar surface area (TPSA) is 79.3 Å². The van der Waals surface area contributed by atoms with Gasteiger partial charge >= 0.3 is 0 Å². The van der Waals surface area contributed by atoms with Gasteiger partial charge in [0.15, 0.2) is 0 Å². The lowest BCUT2D eigenvalue weighted by Crippen LogP contribution is -2.29. The van der Waals surface area contributed by atoms with E-state index in [-0.39, 0.29) is 17.4 Å². The summed E-state index contributed by atoms with van der Waals surface area (Å²) in [7, 11) is 3.88. The van der Waals surface area contributed by atoms with Crippen molar-refractivity contribution in [2.24, 2.45) is 5.92 Å². The molecule has 7 heteroatoms. The molecule has 7 nitrogen and oxygen atoms in total. The first-order valence-electron chi connectivity index (χ1n) is 13.1. The van der Waals surface area contributed by atoms with E-state index in [4.69, 9.17) is 9.47 Å². The zero-order valence-electron chi connectivity index (χ0n) is 23.3. The lowest BCUT2D eigenvalue weighted by molar-refractivity contribution is -0.132. The van der Waals surface area contributed by atoms with Crippen LogP contribution in [-0.2, 0) is 9.59 Å². The van der Waals surface area contributed by atoms with Crippen LogP contribution in [0.2, 0.25) is 0 Å². The van der Waals surface area contributed by atoms with E-state index in [0.717, 1.165) is 5.69 Å². The van der Waals surface area contributed by atoms with E-state index in [1.54, 1.807) is 48.5 Å². The van der Waals surface area contributed by atoms with Crippen molar-refractivity contribution in [3.63, 3.8) is 0 Å². The van der Waals surface area contributed by atoms with E-state index < -0.39 is 17.7 Å². The number of ketones is 1. The molecule has 3 aromatic rings. The largest absolute Gasteiger partial charge is 0.507 e. The molecule has 0 aliphatic carbocycles. The maximum absolute atomic E-state index is 13.5. The number of aliphatic hydroxyl groups is 1. The summed E-state index contributed by atoms with van der Waals surface area (Å²) >= 11 is 0. The lowest BCUT2D eigenvalue weighted by atomic mass is 9.94. The fourth-order valence-corrected chi connectivity index (χ4v) is 4.48. The molecular weight excluding hydrogens is 492 g/mol. The number of hydrogen-bond acceptors (Lipinski definition) is 6. The van der Waals surface area contributed by atoms with E-state index in [0.29, 0.717) is 40.8 Å². The highest BCUT2D eigenvalue weighted by atomic mass is 16.5. The maximum Gasteiger partial charge on any atom is 0.300 e. The predicted octanol–water partition coefficient (Wildman–Crippen LogP) is 6.20. The molecule has 0 spiro atoms. The van der Waals surface area contributed by atoms with Gasteiger partial charge < -0.3 is 19.5 Å². The summed E-state index contributed by atoms with van der Waals surface area (Å²) in [5.74, 6) is -0.124. The van der Waals surface area contributed by atoms with Crippen LogP contribution < -0.4 is 19.3 Å². The van der Waals surface area contributed by atoms with Crippen LogP contribution in [0.25, 0.3) is 5.76 Å². The molecule has 39 heavy (non-hydrogen) atoms. The predicted molar refractivity (Wildman–Crippen MR) is 155 cm³/mol. The molecular formula is C32H36N2O5.